The van der Waals surface area contributed by atoms with Crippen LogP contribution >= 0.6 is 0 Å². The largest absolute Gasteiger partial charge is 0.437 e. The fourth-order valence-corrected chi connectivity index (χ4v) is 1.86. The molecule has 0 radical (unpaired) electrons. The Bertz CT molecular complexity index is 144. The van der Waals surface area contributed by atoms with Crippen LogP contribution in [0.15, 0.2) is 0 Å². The van der Waals surface area contributed by atoms with Gasteiger partial charge in [0.2, 0.25) is 0 Å². The van der Waals surface area contributed by atoms with E-state index in [0.717, 1.165) is 19.6 Å². The predicted octanol–water partition coefficient (Wildman–Crippen LogP) is 0.561. The monoisotopic (exact) mass is 184 g/mol. The average Bonchev–Trinajstić information content (AvgIpc) is 2.15. The van der Waals surface area contributed by atoms with E-state index in [4.69, 9.17) is 0 Å². The molecule has 1 fully saturated rings. The molecule has 1 saturated heterocycles. The van der Waals surface area contributed by atoms with Crippen molar-refractivity contribution < 1.29 is 5.02 Å². The molecule has 13 heavy (non-hydrogen) atoms. The molecule has 1 heterocycles. The van der Waals surface area contributed by atoms with Gasteiger partial charge >= 0.3 is 7.05 Å². The van der Waals surface area contributed by atoms with E-state index in [1.165, 1.54) is 19.3 Å². The second kappa shape index (κ2) is 5.63. The standard InChI is InChI=1S/C9H21BN2O/c1-3-6-11-9-5-4-7-12(8-9)10(2)13/h9,11,13H,3-8H2,1-2H3. The van der Waals surface area contributed by atoms with Crippen molar-refractivity contribution in [1.82, 2.24) is 10.1 Å². The first-order valence-electron chi connectivity index (χ1n) is 5.39. The van der Waals surface area contributed by atoms with Crippen LogP contribution in [0.3, 0.4) is 0 Å². The molecule has 0 spiro atoms. The third kappa shape index (κ3) is 3.67. The lowest BCUT2D eigenvalue weighted by atomic mass is 9.82. The molecule has 0 aromatic carbocycles. The van der Waals surface area contributed by atoms with Crippen LogP contribution in [0, 0.1) is 0 Å². The molecule has 3 nitrogen and oxygen atoms in total. The summed E-state index contributed by atoms with van der Waals surface area (Å²) in [6.07, 6.45) is 3.64. The van der Waals surface area contributed by atoms with Gasteiger partial charge in [0.05, 0.1) is 0 Å². The van der Waals surface area contributed by atoms with Crippen LogP contribution in [0.2, 0.25) is 6.82 Å². The van der Waals surface area contributed by atoms with Crippen molar-refractivity contribution >= 4 is 7.05 Å². The van der Waals surface area contributed by atoms with Crippen molar-refractivity contribution in [1.29, 1.82) is 0 Å². The van der Waals surface area contributed by atoms with Gasteiger partial charge in [-0.3, -0.25) is 0 Å². The molecule has 1 aliphatic rings. The maximum Gasteiger partial charge on any atom is 0.376 e. The Balaban J connectivity index is 2.25. The first-order chi connectivity index (χ1) is 6.24. The second-order valence-corrected chi connectivity index (χ2v) is 3.92. The highest BCUT2D eigenvalue weighted by Crippen LogP contribution is 2.10. The van der Waals surface area contributed by atoms with E-state index in [9.17, 15) is 5.02 Å². The number of nitrogens with zero attached hydrogens (tertiary/aromatic N) is 1. The maximum absolute atomic E-state index is 9.42. The van der Waals surface area contributed by atoms with Gasteiger partial charge in [0.25, 0.3) is 0 Å². The van der Waals surface area contributed by atoms with Crippen molar-refractivity contribution in [2.75, 3.05) is 19.6 Å². The van der Waals surface area contributed by atoms with Gasteiger partial charge in [-0.1, -0.05) is 6.92 Å². The zero-order valence-electron chi connectivity index (χ0n) is 8.79. The number of hydrogen-bond donors (Lipinski definition) is 2. The number of hydrogen-bond acceptors (Lipinski definition) is 3. The molecule has 4 heteroatoms. The van der Waals surface area contributed by atoms with Crippen molar-refractivity contribution in [2.45, 2.75) is 39.1 Å². The Morgan fingerprint density at radius 1 is 1.62 bits per heavy atom. The summed E-state index contributed by atoms with van der Waals surface area (Å²) in [6.45, 7) is 7.17. The van der Waals surface area contributed by atoms with E-state index >= 15 is 0 Å². The van der Waals surface area contributed by atoms with Gasteiger partial charge in [0.15, 0.2) is 0 Å². The molecule has 2 N–H and O–H groups in total. The normalized spacial score (nSPS) is 24.7. The molecule has 0 aliphatic carbocycles. The first kappa shape index (κ1) is 11.0. The zero-order chi connectivity index (χ0) is 9.68. The van der Waals surface area contributed by atoms with Crippen LogP contribution in [-0.2, 0) is 0 Å². The summed E-state index contributed by atoms with van der Waals surface area (Å²) >= 11 is 0. The van der Waals surface area contributed by atoms with Gasteiger partial charge in [-0.25, -0.2) is 0 Å². The Morgan fingerprint density at radius 2 is 2.38 bits per heavy atom. The highest BCUT2D eigenvalue weighted by molar-refractivity contribution is 6.45. The minimum Gasteiger partial charge on any atom is -0.437 e. The van der Waals surface area contributed by atoms with E-state index in [0.29, 0.717) is 6.04 Å². The van der Waals surface area contributed by atoms with Crippen molar-refractivity contribution in [2.24, 2.45) is 0 Å². The highest BCUT2D eigenvalue weighted by Gasteiger charge is 2.23. The summed E-state index contributed by atoms with van der Waals surface area (Å²) in [7, 11) is -0.286. The van der Waals surface area contributed by atoms with Crippen LogP contribution in [0.25, 0.3) is 0 Å². The zero-order valence-corrected chi connectivity index (χ0v) is 8.79. The minimum atomic E-state index is -0.286. The van der Waals surface area contributed by atoms with Crippen LogP contribution in [0.5, 0.6) is 0 Å². The van der Waals surface area contributed by atoms with Gasteiger partial charge in [0, 0.05) is 12.6 Å². The molecule has 0 aromatic heterocycles. The fourth-order valence-electron chi connectivity index (χ4n) is 1.86. The molecule has 0 aromatic rings. The summed E-state index contributed by atoms with van der Waals surface area (Å²) in [4.78, 5) is 2.14. The second-order valence-electron chi connectivity index (χ2n) is 3.92. The summed E-state index contributed by atoms with van der Waals surface area (Å²) in [5.41, 5.74) is 0. The molecule has 1 unspecified atom stereocenters. The predicted molar refractivity (Wildman–Crippen MR) is 56.7 cm³/mol. The van der Waals surface area contributed by atoms with Gasteiger partial charge in [-0.15, -0.1) is 0 Å². The van der Waals surface area contributed by atoms with Crippen LogP contribution in [-0.4, -0.2) is 42.6 Å². The van der Waals surface area contributed by atoms with Gasteiger partial charge < -0.3 is 15.2 Å². The third-order valence-corrected chi connectivity index (χ3v) is 2.66. The van der Waals surface area contributed by atoms with Gasteiger partial charge in [-0.05, 0) is 39.2 Å². The molecule has 76 valence electrons. The summed E-state index contributed by atoms with van der Waals surface area (Å²) < 4.78 is 0. The quantitative estimate of drug-likeness (QED) is 0.626. The molecule has 0 bridgehead atoms. The fraction of sp³-hybridized carbons (Fsp3) is 1.00. The lowest BCUT2D eigenvalue weighted by Crippen LogP contribution is -2.50. The van der Waals surface area contributed by atoms with Crippen molar-refractivity contribution in [3.05, 3.63) is 0 Å². The van der Waals surface area contributed by atoms with E-state index in [-0.39, 0.29) is 7.05 Å². The maximum atomic E-state index is 9.42. The van der Waals surface area contributed by atoms with E-state index in [2.05, 4.69) is 17.1 Å². The molecular formula is C9H21BN2O. The van der Waals surface area contributed by atoms with Crippen molar-refractivity contribution in [3.8, 4) is 0 Å². The molecule has 0 saturated carbocycles. The Hall–Kier alpha value is -0.0551. The Labute approximate surface area is 81.6 Å². The molecular weight excluding hydrogens is 163 g/mol. The highest BCUT2D eigenvalue weighted by atomic mass is 16.2. The van der Waals surface area contributed by atoms with E-state index in [1.807, 2.05) is 6.82 Å². The molecule has 1 rings (SSSR count). The smallest absolute Gasteiger partial charge is 0.376 e. The summed E-state index contributed by atoms with van der Waals surface area (Å²) in [5, 5.41) is 12.9. The summed E-state index contributed by atoms with van der Waals surface area (Å²) in [6, 6.07) is 0.586. The number of nitrogens with one attached hydrogen (secondary N) is 1. The first-order valence-corrected chi connectivity index (χ1v) is 5.39. The van der Waals surface area contributed by atoms with Crippen LogP contribution < -0.4 is 5.32 Å². The number of rotatable bonds is 4. The lowest BCUT2D eigenvalue weighted by molar-refractivity contribution is 0.259. The Kier molecular flexibility index (Phi) is 4.77. The topological polar surface area (TPSA) is 35.5 Å². The average molecular weight is 184 g/mol. The van der Waals surface area contributed by atoms with Crippen LogP contribution in [0.4, 0.5) is 0 Å². The van der Waals surface area contributed by atoms with Gasteiger partial charge in [-0.2, -0.15) is 0 Å². The van der Waals surface area contributed by atoms with E-state index < -0.39 is 0 Å². The number of piperidine rings is 1. The summed E-state index contributed by atoms with van der Waals surface area (Å²) in [5.74, 6) is 0. The van der Waals surface area contributed by atoms with E-state index in [1.54, 1.807) is 0 Å². The van der Waals surface area contributed by atoms with Crippen LogP contribution in [0.1, 0.15) is 26.2 Å². The lowest BCUT2D eigenvalue weighted by Gasteiger charge is -2.33. The third-order valence-electron chi connectivity index (χ3n) is 2.66. The Morgan fingerprint density at radius 3 is 3.00 bits per heavy atom. The molecule has 1 atom stereocenters. The minimum absolute atomic E-state index is 0.286. The SMILES string of the molecule is CCCNC1CCCN(B(C)O)C1. The van der Waals surface area contributed by atoms with Gasteiger partial charge in [0.1, 0.15) is 0 Å². The van der Waals surface area contributed by atoms with Crippen molar-refractivity contribution in [3.63, 3.8) is 0 Å². The molecule has 1 aliphatic heterocycles. The molecule has 0 amide bonds.